The van der Waals surface area contributed by atoms with Crippen molar-refractivity contribution in [2.24, 2.45) is 0 Å². The van der Waals surface area contributed by atoms with E-state index in [4.69, 9.17) is 0 Å². The molecule has 2 nitrogen and oxygen atoms in total. The van der Waals surface area contributed by atoms with Gasteiger partial charge in [0.15, 0.2) is 0 Å². The molecule has 1 rings (SSSR count). The normalized spacial score (nSPS) is 12.4. The van der Waals surface area contributed by atoms with Crippen LogP contribution in [0.4, 0.5) is 0 Å². The summed E-state index contributed by atoms with van der Waals surface area (Å²) in [6.07, 6.45) is 0.874. The lowest BCUT2D eigenvalue weighted by atomic mass is 10.1. The SMILES string of the molecule is CC(NCC=O)c1ccccc1. The molecule has 0 spiro atoms. The third-order valence-electron chi connectivity index (χ3n) is 1.81. The summed E-state index contributed by atoms with van der Waals surface area (Å²) < 4.78 is 0. The summed E-state index contributed by atoms with van der Waals surface area (Å²) in [7, 11) is 0. The van der Waals surface area contributed by atoms with Gasteiger partial charge in [-0.3, -0.25) is 0 Å². The molecule has 0 aliphatic heterocycles. The van der Waals surface area contributed by atoms with Crippen LogP contribution in [0, 0.1) is 0 Å². The zero-order chi connectivity index (χ0) is 8.81. The number of nitrogens with one attached hydrogen (secondary N) is 1. The molecule has 1 N–H and O–H groups in total. The van der Waals surface area contributed by atoms with Crippen LogP contribution >= 0.6 is 0 Å². The van der Waals surface area contributed by atoms with Crippen LogP contribution in [0.15, 0.2) is 30.3 Å². The molecule has 0 heterocycles. The smallest absolute Gasteiger partial charge is 0.133 e. The number of rotatable bonds is 4. The second kappa shape index (κ2) is 4.67. The minimum atomic E-state index is 0.247. The lowest BCUT2D eigenvalue weighted by molar-refractivity contribution is -0.107. The summed E-state index contributed by atoms with van der Waals surface area (Å²) in [5, 5.41) is 3.08. The van der Waals surface area contributed by atoms with Crippen molar-refractivity contribution in [3.63, 3.8) is 0 Å². The highest BCUT2D eigenvalue weighted by molar-refractivity contribution is 5.52. The lowest BCUT2D eigenvalue weighted by Gasteiger charge is -2.11. The molecular weight excluding hydrogens is 150 g/mol. The number of carbonyl (C=O) groups is 1. The van der Waals surface area contributed by atoms with Crippen LogP contribution < -0.4 is 5.32 Å². The number of benzene rings is 1. The van der Waals surface area contributed by atoms with Gasteiger partial charge in [0, 0.05) is 6.04 Å². The van der Waals surface area contributed by atoms with E-state index in [-0.39, 0.29) is 6.04 Å². The predicted molar refractivity (Wildman–Crippen MR) is 48.9 cm³/mol. The Balaban J connectivity index is 2.53. The Morgan fingerprint density at radius 1 is 1.42 bits per heavy atom. The van der Waals surface area contributed by atoms with Crippen LogP contribution in [0.25, 0.3) is 0 Å². The Kier molecular flexibility index (Phi) is 3.48. The second-order valence-corrected chi connectivity index (χ2v) is 2.71. The lowest BCUT2D eigenvalue weighted by Crippen LogP contribution is -2.20. The van der Waals surface area contributed by atoms with E-state index >= 15 is 0 Å². The highest BCUT2D eigenvalue weighted by Gasteiger charge is 2.01. The molecule has 0 radical (unpaired) electrons. The van der Waals surface area contributed by atoms with E-state index in [9.17, 15) is 4.79 Å². The molecule has 0 saturated carbocycles. The summed E-state index contributed by atoms with van der Waals surface area (Å²) in [6, 6.07) is 10.3. The number of hydrogen-bond donors (Lipinski definition) is 1. The first kappa shape index (κ1) is 8.94. The van der Waals surface area contributed by atoms with Gasteiger partial charge in [-0.2, -0.15) is 0 Å². The fraction of sp³-hybridized carbons (Fsp3) is 0.300. The fourth-order valence-corrected chi connectivity index (χ4v) is 1.08. The molecular formula is C10H13NO. The largest absolute Gasteiger partial charge is 0.304 e. The van der Waals surface area contributed by atoms with Gasteiger partial charge in [-0.05, 0) is 12.5 Å². The number of carbonyl (C=O) groups excluding carboxylic acids is 1. The predicted octanol–water partition coefficient (Wildman–Crippen LogP) is 1.54. The standard InChI is InChI=1S/C10H13NO/c1-9(11-7-8-12)10-5-3-2-4-6-10/h2-6,8-9,11H,7H2,1H3. The van der Waals surface area contributed by atoms with E-state index in [0.29, 0.717) is 6.54 Å². The minimum absolute atomic E-state index is 0.247. The maximum Gasteiger partial charge on any atom is 0.133 e. The molecule has 0 saturated heterocycles. The quantitative estimate of drug-likeness (QED) is 0.682. The van der Waals surface area contributed by atoms with E-state index in [1.165, 1.54) is 5.56 Å². The van der Waals surface area contributed by atoms with Crippen LogP contribution in [0.5, 0.6) is 0 Å². The van der Waals surface area contributed by atoms with Crippen LogP contribution in [-0.4, -0.2) is 12.8 Å². The zero-order valence-corrected chi connectivity index (χ0v) is 7.16. The van der Waals surface area contributed by atoms with Gasteiger partial charge in [0.25, 0.3) is 0 Å². The van der Waals surface area contributed by atoms with Crippen molar-refractivity contribution >= 4 is 6.29 Å². The van der Waals surface area contributed by atoms with Crippen molar-refractivity contribution in [1.82, 2.24) is 5.32 Å². The van der Waals surface area contributed by atoms with Crippen molar-refractivity contribution in [2.75, 3.05) is 6.54 Å². The first-order valence-electron chi connectivity index (χ1n) is 4.06. The van der Waals surface area contributed by atoms with Crippen molar-refractivity contribution in [3.8, 4) is 0 Å². The van der Waals surface area contributed by atoms with Gasteiger partial charge in [0.05, 0.1) is 6.54 Å². The van der Waals surface area contributed by atoms with Crippen molar-refractivity contribution in [3.05, 3.63) is 35.9 Å². The third kappa shape index (κ3) is 2.47. The summed E-state index contributed by atoms with van der Waals surface area (Å²) in [5.41, 5.74) is 1.21. The number of hydrogen-bond acceptors (Lipinski definition) is 2. The van der Waals surface area contributed by atoms with Gasteiger partial charge < -0.3 is 10.1 Å². The molecule has 0 amide bonds. The number of aldehydes is 1. The Morgan fingerprint density at radius 2 is 2.08 bits per heavy atom. The molecule has 1 aromatic rings. The molecule has 0 aliphatic rings. The second-order valence-electron chi connectivity index (χ2n) is 2.71. The Morgan fingerprint density at radius 3 is 2.67 bits per heavy atom. The van der Waals surface area contributed by atoms with E-state index in [2.05, 4.69) is 5.32 Å². The molecule has 0 aliphatic carbocycles. The molecule has 12 heavy (non-hydrogen) atoms. The Hall–Kier alpha value is -1.15. The Bertz CT molecular complexity index is 233. The van der Waals surface area contributed by atoms with Crippen molar-refractivity contribution in [2.45, 2.75) is 13.0 Å². The molecule has 64 valence electrons. The van der Waals surface area contributed by atoms with Gasteiger partial charge >= 0.3 is 0 Å². The minimum Gasteiger partial charge on any atom is -0.304 e. The molecule has 1 aromatic carbocycles. The highest BCUT2D eigenvalue weighted by Crippen LogP contribution is 2.09. The van der Waals surface area contributed by atoms with Crippen LogP contribution in [-0.2, 0) is 4.79 Å². The van der Waals surface area contributed by atoms with E-state index < -0.39 is 0 Å². The van der Waals surface area contributed by atoms with Crippen LogP contribution in [0.1, 0.15) is 18.5 Å². The topological polar surface area (TPSA) is 29.1 Å². The molecule has 1 atom stereocenters. The van der Waals surface area contributed by atoms with E-state index in [1.807, 2.05) is 37.3 Å². The van der Waals surface area contributed by atoms with Gasteiger partial charge in [-0.15, -0.1) is 0 Å². The maximum absolute atomic E-state index is 10.1. The van der Waals surface area contributed by atoms with E-state index in [1.54, 1.807) is 0 Å². The average Bonchev–Trinajstić information content (AvgIpc) is 2.15. The summed E-state index contributed by atoms with van der Waals surface area (Å²) >= 11 is 0. The van der Waals surface area contributed by atoms with E-state index in [0.717, 1.165) is 6.29 Å². The Labute approximate surface area is 72.6 Å². The first-order valence-corrected chi connectivity index (χ1v) is 4.06. The van der Waals surface area contributed by atoms with Gasteiger partial charge in [-0.1, -0.05) is 30.3 Å². The molecule has 2 heteroatoms. The molecule has 0 bridgehead atoms. The van der Waals surface area contributed by atoms with Crippen molar-refractivity contribution < 1.29 is 4.79 Å². The third-order valence-corrected chi connectivity index (χ3v) is 1.81. The van der Waals surface area contributed by atoms with Crippen LogP contribution in [0.2, 0.25) is 0 Å². The first-order chi connectivity index (χ1) is 5.84. The molecule has 0 fully saturated rings. The summed E-state index contributed by atoms with van der Waals surface area (Å²) in [4.78, 5) is 10.1. The summed E-state index contributed by atoms with van der Waals surface area (Å²) in [6.45, 7) is 2.45. The molecule has 1 unspecified atom stereocenters. The van der Waals surface area contributed by atoms with Crippen LogP contribution in [0.3, 0.4) is 0 Å². The highest BCUT2D eigenvalue weighted by atomic mass is 16.1. The molecule has 0 aromatic heterocycles. The maximum atomic E-state index is 10.1. The van der Waals surface area contributed by atoms with Gasteiger partial charge in [-0.25, -0.2) is 0 Å². The van der Waals surface area contributed by atoms with Gasteiger partial charge in [0.2, 0.25) is 0 Å². The summed E-state index contributed by atoms with van der Waals surface area (Å²) in [5.74, 6) is 0. The van der Waals surface area contributed by atoms with Crippen molar-refractivity contribution in [1.29, 1.82) is 0 Å². The average molecular weight is 163 g/mol. The fourth-order valence-electron chi connectivity index (χ4n) is 1.08. The van der Waals surface area contributed by atoms with Gasteiger partial charge in [0.1, 0.15) is 6.29 Å². The zero-order valence-electron chi connectivity index (χ0n) is 7.16. The monoisotopic (exact) mass is 163 g/mol.